The maximum absolute atomic E-state index is 12.5. The van der Waals surface area contributed by atoms with E-state index in [0.717, 1.165) is 37.2 Å². The molecule has 2 nitrogen and oxygen atoms in total. The zero-order valence-electron chi connectivity index (χ0n) is 11.0. The quantitative estimate of drug-likeness (QED) is 0.895. The molecule has 1 aliphatic heterocycles. The van der Waals surface area contributed by atoms with Gasteiger partial charge in [0, 0.05) is 24.8 Å². The van der Waals surface area contributed by atoms with Gasteiger partial charge in [0.1, 0.15) is 0 Å². The molecule has 0 spiro atoms. The van der Waals surface area contributed by atoms with Crippen LogP contribution in [0.25, 0.3) is 0 Å². The van der Waals surface area contributed by atoms with Crippen LogP contribution in [-0.2, 0) is 6.18 Å². The van der Waals surface area contributed by atoms with Crippen molar-refractivity contribution in [1.29, 1.82) is 0 Å². The number of anilines is 1. The Bertz CT molecular complexity index is 414. The molecule has 1 heterocycles. The second-order valence-electron chi connectivity index (χ2n) is 5.26. The lowest BCUT2D eigenvalue weighted by molar-refractivity contribution is -0.137. The second-order valence-corrected chi connectivity index (χ2v) is 5.26. The van der Waals surface area contributed by atoms with Crippen molar-refractivity contribution in [3.8, 4) is 0 Å². The predicted molar refractivity (Wildman–Crippen MR) is 70.0 cm³/mol. The van der Waals surface area contributed by atoms with Crippen LogP contribution in [0.4, 0.5) is 18.9 Å². The van der Waals surface area contributed by atoms with Gasteiger partial charge in [-0.3, -0.25) is 0 Å². The maximum Gasteiger partial charge on any atom is 0.416 e. The van der Waals surface area contributed by atoms with Gasteiger partial charge in [0.15, 0.2) is 0 Å². The molecule has 0 aliphatic carbocycles. The maximum atomic E-state index is 12.5. The number of nitrogens with two attached hydrogens (primary N) is 1. The topological polar surface area (TPSA) is 29.3 Å². The number of hydrogen-bond acceptors (Lipinski definition) is 2. The normalized spacial score (nSPS) is 24.6. The average molecular weight is 272 g/mol. The molecule has 2 atom stereocenters. The van der Waals surface area contributed by atoms with E-state index in [1.165, 1.54) is 0 Å². The summed E-state index contributed by atoms with van der Waals surface area (Å²) < 4.78 is 37.6. The summed E-state index contributed by atoms with van der Waals surface area (Å²) in [5, 5.41) is 0. The van der Waals surface area contributed by atoms with Crippen LogP contribution in [0.1, 0.15) is 25.3 Å². The average Bonchev–Trinajstić information content (AvgIpc) is 2.37. The van der Waals surface area contributed by atoms with E-state index < -0.39 is 11.7 Å². The van der Waals surface area contributed by atoms with Gasteiger partial charge < -0.3 is 10.6 Å². The van der Waals surface area contributed by atoms with E-state index in [1.54, 1.807) is 12.1 Å². The molecule has 19 heavy (non-hydrogen) atoms. The molecule has 0 aromatic heterocycles. The van der Waals surface area contributed by atoms with Crippen LogP contribution >= 0.6 is 0 Å². The Morgan fingerprint density at radius 3 is 2.42 bits per heavy atom. The fourth-order valence-corrected chi connectivity index (χ4v) is 2.66. The second kappa shape index (κ2) is 5.41. The van der Waals surface area contributed by atoms with Gasteiger partial charge >= 0.3 is 6.18 Å². The molecule has 0 saturated carbocycles. The minimum absolute atomic E-state index is 0.223. The van der Waals surface area contributed by atoms with Crippen molar-refractivity contribution in [3.63, 3.8) is 0 Å². The monoisotopic (exact) mass is 272 g/mol. The van der Waals surface area contributed by atoms with Crippen molar-refractivity contribution in [2.45, 2.75) is 32.0 Å². The molecule has 0 bridgehead atoms. The van der Waals surface area contributed by atoms with Crippen LogP contribution in [0.3, 0.4) is 0 Å². The molecule has 1 saturated heterocycles. The first-order valence-electron chi connectivity index (χ1n) is 6.55. The van der Waals surface area contributed by atoms with Crippen LogP contribution < -0.4 is 10.6 Å². The number of alkyl halides is 3. The van der Waals surface area contributed by atoms with Crippen molar-refractivity contribution in [3.05, 3.63) is 29.8 Å². The molecule has 0 amide bonds. The van der Waals surface area contributed by atoms with Crippen LogP contribution in [0, 0.1) is 5.92 Å². The zero-order chi connectivity index (χ0) is 14.0. The molecule has 2 N–H and O–H groups in total. The van der Waals surface area contributed by atoms with Gasteiger partial charge in [0.25, 0.3) is 0 Å². The molecular weight excluding hydrogens is 253 g/mol. The first kappa shape index (κ1) is 14.2. The van der Waals surface area contributed by atoms with E-state index in [2.05, 4.69) is 11.8 Å². The first-order chi connectivity index (χ1) is 8.91. The zero-order valence-corrected chi connectivity index (χ0v) is 11.0. The molecule has 0 radical (unpaired) electrons. The summed E-state index contributed by atoms with van der Waals surface area (Å²) in [6.45, 7) is 3.58. The SMILES string of the molecule is CC1CCN(c2ccc(C(F)(F)F)cc2)C(CN)C1. The van der Waals surface area contributed by atoms with E-state index in [9.17, 15) is 13.2 Å². The van der Waals surface area contributed by atoms with Gasteiger partial charge in [0.05, 0.1) is 5.56 Å². The number of nitrogens with zero attached hydrogens (tertiary/aromatic N) is 1. The summed E-state index contributed by atoms with van der Waals surface area (Å²) in [7, 11) is 0. The highest BCUT2D eigenvalue weighted by molar-refractivity contribution is 5.49. The highest BCUT2D eigenvalue weighted by atomic mass is 19.4. The number of rotatable bonds is 2. The van der Waals surface area contributed by atoms with Crippen molar-refractivity contribution < 1.29 is 13.2 Å². The summed E-state index contributed by atoms with van der Waals surface area (Å²) in [4.78, 5) is 2.13. The lowest BCUT2D eigenvalue weighted by Gasteiger charge is -2.39. The van der Waals surface area contributed by atoms with Crippen molar-refractivity contribution in [2.75, 3.05) is 18.0 Å². The third kappa shape index (κ3) is 3.21. The highest BCUT2D eigenvalue weighted by Gasteiger charge is 2.31. The Morgan fingerprint density at radius 2 is 1.89 bits per heavy atom. The van der Waals surface area contributed by atoms with Crippen LogP contribution in [-0.4, -0.2) is 19.1 Å². The Hall–Kier alpha value is -1.23. The van der Waals surface area contributed by atoms with Crippen molar-refractivity contribution in [1.82, 2.24) is 0 Å². The summed E-state index contributed by atoms with van der Waals surface area (Å²) in [6, 6.07) is 5.59. The van der Waals surface area contributed by atoms with Crippen LogP contribution in [0.5, 0.6) is 0 Å². The highest BCUT2D eigenvalue weighted by Crippen LogP contribution is 2.32. The van der Waals surface area contributed by atoms with Crippen molar-refractivity contribution >= 4 is 5.69 Å². The lowest BCUT2D eigenvalue weighted by Crippen LogP contribution is -2.46. The minimum atomic E-state index is -4.28. The first-order valence-corrected chi connectivity index (χ1v) is 6.55. The third-order valence-corrected chi connectivity index (χ3v) is 3.78. The largest absolute Gasteiger partial charge is 0.416 e. The molecular formula is C14H19F3N2. The Labute approximate surface area is 111 Å². The van der Waals surface area contributed by atoms with Crippen LogP contribution in [0.2, 0.25) is 0 Å². The Kier molecular flexibility index (Phi) is 4.04. The Morgan fingerprint density at radius 1 is 1.26 bits per heavy atom. The smallest absolute Gasteiger partial charge is 0.367 e. The van der Waals surface area contributed by atoms with E-state index in [4.69, 9.17) is 5.73 Å². The molecule has 106 valence electrons. The van der Waals surface area contributed by atoms with Gasteiger partial charge in [-0.2, -0.15) is 13.2 Å². The molecule has 2 unspecified atom stereocenters. The van der Waals surface area contributed by atoms with E-state index in [1.807, 2.05) is 0 Å². The Balaban J connectivity index is 2.17. The van der Waals surface area contributed by atoms with E-state index in [0.29, 0.717) is 12.5 Å². The fourth-order valence-electron chi connectivity index (χ4n) is 2.66. The predicted octanol–water partition coefficient (Wildman–Crippen LogP) is 3.27. The third-order valence-electron chi connectivity index (χ3n) is 3.78. The van der Waals surface area contributed by atoms with Gasteiger partial charge in [-0.15, -0.1) is 0 Å². The molecule has 1 fully saturated rings. The molecule has 5 heteroatoms. The van der Waals surface area contributed by atoms with Gasteiger partial charge in [-0.25, -0.2) is 0 Å². The van der Waals surface area contributed by atoms with Crippen molar-refractivity contribution in [2.24, 2.45) is 11.7 Å². The molecule has 2 rings (SSSR count). The fraction of sp³-hybridized carbons (Fsp3) is 0.571. The summed E-state index contributed by atoms with van der Waals surface area (Å²) in [5.74, 6) is 0.624. The van der Waals surface area contributed by atoms with Crippen LogP contribution in [0.15, 0.2) is 24.3 Å². The summed E-state index contributed by atoms with van der Waals surface area (Å²) in [6.07, 6.45) is -2.22. The molecule has 1 aromatic carbocycles. The molecule has 1 aromatic rings. The standard InChI is InChI=1S/C14H19F3N2/c1-10-6-7-19(13(8-10)9-18)12-4-2-11(3-5-12)14(15,16)17/h2-5,10,13H,6-9,18H2,1H3. The lowest BCUT2D eigenvalue weighted by atomic mass is 9.92. The molecule has 1 aliphatic rings. The summed E-state index contributed by atoms with van der Waals surface area (Å²) in [5.41, 5.74) is 5.99. The van der Waals surface area contributed by atoms with Gasteiger partial charge in [0.2, 0.25) is 0 Å². The number of halogens is 3. The van der Waals surface area contributed by atoms with E-state index >= 15 is 0 Å². The van der Waals surface area contributed by atoms with Gasteiger partial charge in [-0.1, -0.05) is 6.92 Å². The number of piperidine rings is 1. The van der Waals surface area contributed by atoms with Gasteiger partial charge in [-0.05, 0) is 43.0 Å². The van der Waals surface area contributed by atoms with E-state index in [-0.39, 0.29) is 6.04 Å². The minimum Gasteiger partial charge on any atom is -0.367 e. The summed E-state index contributed by atoms with van der Waals surface area (Å²) >= 11 is 0. The number of hydrogen-bond donors (Lipinski definition) is 1. The number of benzene rings is 1.